The molecule has 8 heteroatoms. The van der Waals surface area contributed by atoms with Crippen LogP contribution in [0.1, 0.15) is 6.42 Å². The van der Waals surface area contributed by atoms with Gasteiger partial charge in [-0.25, -0.2) is 4.39 Å². The van der Waals surface area contributed by atoms with Crippen molar-refractivity contribution in [2.75, 3.05) is 24.9 Å². The molecule has 0 heterocycles. The van der Waals surface area contributed by atoms with E-state index >= 15 is 0 Å². The summed E-state index contributed by atoms with van der Waals surface area (Å²) >= 11 is 5.70. The normalized spacial score (nSPS) is 17.8. The van der Waals surface area contributed by atoms with Crippen molar-refractivity contribution in [3.63, 3.8) is 0 Å². The monoisotopic (exact) mass is 392 g/mol. The number of nitrogens with one attached hydrogen (secondary N) is 2. The minimum absolute atomic E-state index is 0.0775. The highest BCUT2D eigenvalue weighted by Crippen LogP contribution is 2.41. The zero-order chi connectivity index (χ0) is 19.6. The predicted molar refractivity (Wildman–Crippen MR) is 99.8 cm³/mol. The van der Waals surface area contributed by atoms with Gasteiger partial charge in [0.2, 0.25) is 11.8 Å². The van der Waals surface area contributed by atoms with Gasteiger partial charge >= 0.3 is 0 Å². The number of benzene rings is 2. The first-order chi connectivity index (χ1) is 12.9. The molecule has 0 bridgehead atoms. The van der Waals surface area contributed by atoms with Gasteiger partial charge in [-0.1, -0.05) is 11.6 Å². The Morgan fingerprint density at radius 2 is 1.52 bits per heavy atom. The quantitative estimate of drug-likeness (QED) is 0.785. The molecule has 2 aromatic rings. The maximum absolute atomic E-state index is 13.2. The molecule has 0 spiro atoms. The Bertz CT molecular complexity index is 890. The SMILES string of the molecule is COc1ccc(NC(=O)C2CC2C(=O)Nc2ccc(F)c(Cl)c2)cc1OC. The van der Waals surface area contributed by atoms with Crippen molar-refractivity contribution < 1.29 is 23.5 Å². The maximum Gasteiger partial charge on any atom is 0.228 e. The third-order valence-corrected chi connectivity index (χ3v) is 4.59. The van der Waals surface area contributed by atoms with E-state index in [1.807, 2.05) is 0 Å². The van der Waals surface area contributed by atoms with E-state index in [0.29, 0.717) is 29.3 Å². The minimum atomic E-state index is -0.562. The largest absolute Gasteiger partial charge is 0.493 e. The van der Waals surface area contributed by atoms with Gasteiger partial charge in [0.05, 0.1) is 31.1 Å². The highest BCUT2D eigenvalue weighted by molar-refractivity contribution is 6.31. The van der Waals surface area contributed by atoms with Crippen LogP contribution in [0.5, 0.6) is 11.5 Å². The number of hydrogen-bond donors (Lipinski definition) is 2. The number of halogens is 2. The van der Waals surface area contributed by atoms with E-state index in [1.165, 1.54) is 32.4 Å². The Balaban J connectivity index is 1.58. The van der Waals surface area contributed by atoms with Crippen molar-refractivity contribution in [2.24, 2.45) is 11.8 Å². The summed E-state index contributed by atoms with van der Waals surface area (Å²) < 4.78 is 23.5. The fourth-order valence-corrected chi connectivity index (χ4v) is 2.91. The molecule has 2 N–H and O–H groups in total. The average Bonchev–Trinajstić information content (AvgIpc) is 3.45. The molecule has 0 aromatic heterocycles. The number of carbonyl (C=O) groups excluding carboxylic acids is 2. The van der Waals surface area contributed by atoms with Crippen molar-refractivity contribution in [3.05, 3.63) is 47.2 Å². The lowest BCUT2D eigenvalue weighted by Gasteiger charge is -2.10. The van der Waals surface area contributed by atoms with Crippen LogP contribution in [0.25, 0.3) is 0 Å². The van der Waals surface area contributed by atoms with Gasteiger partial charge in [-0.3, -0.25) is 9.59 Å². The first-order valence-electron chi connectivity index (χ1n) is 8.21. The zero-order valence-electron chi connectivity index (χ0n) is 14.7. The summed E-state index contributed by atoms with van der Waals surface area (Å²) in [4.78, 5) is 24.6. The lowest BCUT2D eigenvalue weighted by Crippen LogP contribution is -2.20. The molecule has 27 heavy (non-hydrogen) atoms. The fourth-order valence-electron chi connectivity index (χ4n) is 2.73. The van der Waals surface area contributed by atoms with Crippen LogP contribution in [0, 0.1) is 17.7 Å². The van der Waals surface area contributed by atoms with Crippen LogP contribution in [0.15, 0.2) is 36.4 Å². The van der Waals surface area contributed by atoms with Gasteiger partial charge in [0.15, 0.2) is 11.5 Å². The van der Waals surface area contributed by atoms with Gasteiger partial charge in [0.1, 0.15) is 5.82 Å². The molecule has 3 rings (SSSR count). The van der Waals surface area contributed by atoms with E-state index in [2.05, 4.69) is 10.6 Å². The van der Waals surface area contributed by atoms with Gasteiger partial charge in [-0.05, 0) is 36.8 Å². The summed E-state index contributed by atoms with van der Waals surface area (Å²) in [5, 5.41) is 5.34. The highest BCUT2D eigenvalue weighted by Gasteiger charge is 2.48. The van der Waals surface area contributed by atoms with Gasteiger partial charge < -0.3 is 20.1 Å². The van der Waals surface area contributed by atoms with Crippen LogP contribution in [-0.2, 0) is 9.59 Å². The minimum Gasteiger partial charge on any atom is -0.493 e. The number of ether oxygens (including phenoxy) is 2. The third-order valence-electron chi connectivity index (χ3n) is 4.30. The van der Waals surface area contributed by atoms with Crippen molar-refractivity contribution >= 4 is 34.8 Å². The fraction of sp³-hybridized carbons (Fsp3) is 0.263. The number of anilines is 2. The van der Waals surface area contributed by atoms with Crippen molar-refractivity contribution in [2.45, 2.75) is 6.42 Å². The second-order valence-electron chi connectivity index (χ2n) is 6.13. The molecule has 142 valence electrons. The number of amides is 2. The molecule has 2 aromatic carbocycles. The van der Waals surface area contributed by atoms with Crippen molar-refractivity contribution in [3.8, 4) is 11.5 Å². The average molecular weight is 393 g/mol. The molecule has 1 fully saturated rings. The van der Waals surface area contributed by atoms with E-state index in [1.54, 1.807) is 18.2 Å². The van der Waals surface area contributed by atoms with E-state index < -0.39 is 17.7 Å². The number of methoxy groups -OCH3 is 2. The lowest BCUT2D eigenvalue weighted by atomic mass is 10.2. The Hall–Kier alpha value is -2.80. The second-order valence-corrected chi connectivity index (χ2v) is 6.53. The van der Waals surface area contributed by atoms with Crippen LogP contribution in [-0.4, -0.2) is 26.0 Å². The Morgan fingerprint density at radius 3 is 2.07 bits per heavy atom. The zero-order valence-corrected chi connectivity index (χ0v) is 15.5. The van der Waals surface area contributed by atoms with E-state index in [-0.39, 0.29) is 16.8 Å². The van der Waals surface area contributed by atoms with Gasteiger partial charge in [0, 0.05) is 17.4 Å². The lowest BCUT2D eigenvalue weighted by molar-refractivity contribution is -0.122. The third kappa shape index (κ3) is 4.31. The van der Waals surface area contributed by atoms with Gasteiger partial charge in [-0.15, -0.1) is 0 Å². The second kappa shape index (κ2) is 7.84. The first kappa shape index (κ1) is 19.0. The van der Waals surface area contributed by atoms with Gasteiger partial charge in [-0.2, -0.15) is 0 Å². The topological polar surface area (TPSA) is 76.7 Å². The molecule has 2 amide bonds. The number of carbonyl (C=O) groups is 2. The van der Waals surface area contributed by atoms with Crippen LogP contribution in [0.3, 0.4) is 0 Å². The molecule has 6 nitrogen and oxygen atoms in total. The molecular formula is C19H18ClFN2O4. The highest BCUT2D eigenvalue weighted by atomic mass is 35.5. The van der Waals surface area contributed by atoms with Crippen LogP contribution >= 0.6 is 11.6 Å². The number of hydrogen-bond acceptors (Lipinski definition) is 4. The summed E-state index contributed by atoms with van der Waals surface area (Å²) in [6.07, 6.45) is 0.444. The molecule has 1 saturated carbocycles. The van der Waals surface area contributed by atoms with Crippen LogP contribution in [0.2, 0.25) is 5.02 Å². The summed E-state index contributed by atoms with van der Waals surface area (Å²) in [5.41, 5.74) is 0.936. The first-order valence-corrected chi connectivity index (χ1v) is 8.59. The summed E-state index contributed by atoms with van der Waals surface area (Å²) in [7, 11) is 3.03. The summed E-state index contributed by atoms with van der Waals surface area (Å²) in [6, 6.07) is 8.94. The van der Waals surface area contributed by atoms with Crippen molar-refractivity contribution in [1.82, 2.24) is 0 Å². The molecule has 2 atom stereocenters. The van der Waals surface area contributed by atoms with E-state index in [9.17, 15) is 14.0 Å². The van der Waals surface area contributed by atoms with E-state index in [0.717, 1.165) is 0 Å². The number of rotatable bonds is 6. The van der Waals surface area contributed by atoms with Crippen LogP contribution in [0.4, 0.5) is 15.8 Å². The predicted octanol–water partition coefficient (Wildman–Crippen LogP) is 3.71. The maximum atomic E-state index is 13.2. The molecule has 0 saturated heterocycles. The Labute approximate surface area is 160 Å². The molecule has 1 aliphatic carbocycles. The molecule has 2 unspecified atom stereocenters. The standard InChI is InChI=1S/C19H18ClFN2O4/c1-26-16-6-4-11(8-17(16)27-2)23-19(25)13-9-12(13)18(24)22-10-3-5-15(21)14(20)7-10/h3-8,12-13H,9H2,1-2H3,(H,22,24)(H,23,25). The Kier molecular flexibility index (Phi) is 5.51. The summed E-state index contributed by atoms with van der Waals surface area (Å²) in [5.74, 6) is -0.924. The van der Waals surface area contributed by atoms with Crippen LogP contribution < -0.4 is 20.1 Å². The molecular weight excluding hydrogens is 375 g/mol. The molecule has 1 aliphatic rings. The van der Waals surface area contributed by atoms with Gasteiger partial charge in [0.25, 0.3) is 0 Å². The summed E-state index contributed by atoms with van der Waals surface area (Å²) in [6.45, 7) is 0. The molecule has 0 aliphatic heterocycles. The smallest absolute Gasteiger partial charge is 0.228 e. The molecule has 0 radical (unpaired) electrons. The van der Waals surface area contributed by atoms with Crippen molar-refractivity contribution in [1.29, 1.82) is 0 Å². The Morgan fingerprint density at radius 1 is 0.963 bits per heavy atom. The van der Waals surface area contributed by atoms with E-state index in [4.69, 9.17) is 21.1 Å².